The molecule has 0 saturated heterocycles. The summed E-state index contributed by atoms with van der Waals surface area (Å²) in [5.74, 6) is 0.805. The van der Waals surface area contributed by atoms with Crippen LogP contribution in [0.3, 0.4) is 0 Å². The van der Waals surface area contributed by atoms with Crippen LogP contribution in [0.1, 0.15) is 0 Å². The van der Waals surface area contributed by atoms with Gasteiger partial charge in [0.05, 0.1) is 5.02 Å². The molecule has 0 N–H and O–H groups in total. The highest BCUT2D eigenvalue weighted by Crippen LogP contribution is 2.27. The van der Waals surface area contributed by atoms with Crippen molar-refractivity contribution in [3.05, 3.63) is 34.0 Å². The number of hydrogen-bond acceptors (Lipinski definition) is 2. The van der Waals surface area contributed by atoms with E-state index < -0.39 is 0 Å². The van der Waals surface area contributed by atoms with Gasteiger partial charge in [-0.3, -0.25) is 0 Å². The zero-order valence-corrected chi connectivity index (χ0v) is 9.75. The number of hydrogen-bond donors (Lipinski definition) is 0. The van der Waals surface area contributed by atoms with E-state index in [9.17, 15) is 0 Å². The molecule has 0 aliphatic heterocycles. The first-order valence-electron chi connectivity index (χ1n) is 3.98. The molecular formula is C9H7BrClN3. The second kappa shape index (κ2) is 3.71. The summed E-state index contributed by atoms with van der Waals surface area (Å²) in [4.78, 5) is 0. The van der Waals surface area contributed by atoms with Gasteiger partial charge in [0.2, 0.25) is 0 Å². The standard InChI is InChI=1S/C9H7BrClN3/c1-14-5-12-13-9(14)6-2-3-7(10)8(11)4-6/h2-5H,1H3. The maximum absolute atomic E-state index is 5.98. The van der Waals surface area contributed by atoms with Crippen molar-refractivity contribution in [3.8, 4) is 11.4 Å². The van der Waals surface area contributed by atoms with Crippen LogP contribution in [0.15, 0.2) is 29.0 Å². The van der Waals surface area contributed by atoms with Crippen LogP contribution in [0.25, 0.3) is 11.4 Å². The van der Waals surface area contributed by atoms with Crippen molar-refractivity contribution in [3.63, 3.8) is 0 Å². The fourth-order valence-electron chi connectivity index (χ4n) is 1.18. The Labute approximate surface area is 94.9 Å². The Bertz CT molecular complexity index is 467. The maximum atomic E-state index is 5.98. The summed E-state index contributed by atoms with van der Waals surface area (Å²) >= 11 is 9.32. The molecule has 1 heterocycles. The summed E-state index contributed by atoms with van der Waals surface area (Å²) in [5, 5.41) is 8.48. The summed E-state index contributed by atoms with van der Waals surface area (Å²) < 4.78 is 2.73. The minimum atomic E-state index is 0.672. The van der Waals surface area contributed by atoms with Gasteiger partial charge >= 0.3 is 0 Å². The second-order valence-corrected chi connectivity index (χ2v) is 4.16. The van der Waals surface area contributed by atoms with Gasteiger partial charge in [-0.15, -0.1) is 10.2 Å². The number of halogens is 2. The molecule has 0 aliphatic rings. The molecule has 0 unspecified atom stereocenters. The van der Waals surface area contributed by atoms with Gasteiger partial charge in [-0.2, -0.15) is 0 Å². The highest BCUT2D eigenvalue weighted by molar-refractivity contribution is 9.10. The van der Waals surface area contributed by atoms with E-state index in [1.165, 1.54) is 0 Å². The van der Waals surface area contributed by atoms with E-state index in [4.69, 9.17) is 11.6 Å². The lowest BCUT2D eigenvalue weighted by Gasteiger charge is -2.01. The Morgan fingerprint density at radius 3 is 2.79 bits per heavy atom. The number of aryl methyl sites for hydroxylation is 1. The van der Waals surface area contributed by atoms with Gasteiger partial charge in [-0.1, -0.05) is 11.6 Å². The van der Waals surface area contributed by atoms with Crippen LogP contribution in [0, 0.1) is 0 Å². The third-order valence-corrected chi connectivity index (χ3v) is 3.12. The van der Waals surface area contributed by atoms with Crippen LogP contribution >= 0.6 is 27.5 Å². The average Bonchev–Trinajstić information content (AvgIpc) is 2.57. The van der Waals surface area contributed by atoms with Crippen LogP contribution in [-0.4, -0.2) is 14.8 Å². The van der Waals surface area contributed by atoms with Crippen LogP contribution in [-0.2, 0) is 7.05 Å². The van der Waals surface area contributed by atoms with E-state index in [-0.39, 0.29) is 0 Å². The molecule has 0 spiro atoms. The topological polar surface area (TPSA) is 30.7 Å². The predicted molar refractivity (Wildman–Crippen MR) is 59.1 cm³/mol. The van der Waals surface area contributed by atoms with Crippen molar-refractivity contribution in [2.45, 2.75) is 0 Å². The van der Waals surface area contributed by atoms with E-state index in [0.717, 1.165) is 15.9 Å². The van der Waals surface area contributed by atoms with Gasteiger partial charge in [-0.05, 0) is 34.1 Å². The molecule has 14 heavy (non-hydrogen) atoms. The molecule has 1 aromatic heterocycles. The molecule has 0 fully saturated rings. The summed E-state index contributed by atoms with van der Waals surface area (Å²) in [5.41, 5.74) is 0.957. The maximum Gasteiger partial charge on any atom is 0.163 e. The predicted octanol–water partition coefficient (Wildman–Crippen LogP) is 2.90. The number of benzene rings is 1. The number of rotatable bonds is 1. The quantitative estimate of drug-likeness (QED) is 0.799. The molecule has 0 radical (unpaired) electrons. The molecule has 0 amide bonds. The Kier molecular flexibility index (Phi) is 2.56. The number of aromatic nitrogens is 3. The van der Waals surface area contributed by atoms with Crippen LogP contribution in [0.5, 0.6) is 0 Å². The second-order valence-electron chi connectivity index (χ2n) is 2.89. The summed E-state index contributed by atoms with van der Waals surface area (Å²) in [6, 6.07) is 5.70. The van der Waals surface area contributed by atoms with Crippen molar-refractivity contribution in [2.24, 2.45) is 7.05 Å². The highest BCUT2D eigenvalue weighted by Gasteiger charge is 2.06. The van der Waals surface area contributed by atoms with Crippen LogP contribution in [0.4, 0.5) is 0 Å². The minimum Gasteiger partial charge on any atom is -0.317 e. The summed E-state index contributed by atoms with van der Waals surface area (Å²) in [7, 11) is 1.89. The molecule has 1 aromatic carbocycles. The lowest BCUT2D eigenvalue weighted by Crippen LogP contribution is -1.90. The third-order valence-electron chi connectivity index (χ3n) is 1.89. The Morgan fingerprint density at radius 1 is 1.43 bits per heavy atom. The fraction of sp³-hybridized carbons (Fsp3) is 0.111. The van der Waals surface area contributed by atoms with Crippen molar-refractivity contribution >= 4 is 27.5 Å². The molecule has 0 atom stereocenters. The van der Waals surface area contributed by atoms with Crippen LogP contribution in [0.2, 0.25) is 5.02 Å². The molecule has 3 nitrogen and oxygen atoms in total. The fourth-order valence-corrected chi connectivity index (χ4v) is 1.61. The smallest absolute Gasteiger partial charge is 0.163 e. The minimum absolute atomic E-state index is 0.672. The lowest BCUT2D eigenvalue weighted by molar-refractivity contribution is 0.920. The molecule has 0 bridgehead atoms. The van der Waals surface area contributed by atoms with E-state index in [2.05, 4.69) is 26.1 Å². The summed E-state index contributed by atoms with van der Waals surface area (Å²) in [6.07, 6.45) is 1.66. The molecule has 0 aliphatic carbocycles. The lowest BCUT2D eigenvalue weighted by atomic mass is 10.2. The third kappa shape index (κ3) is 1.67. The first-order chi connectivity index (χ1) is 6.68. The normalized spacial score (nSPS) is 10.5. The van der Waals surface area contributed by atoms with Gasteiger partial charge in [0.15, 0.2) is 5.82 Å². The van der Waals surface area contributed by atoms with Crippen molar-refractivity contribution in [1.29, 1.82) is 0 Å². The van der Waals surface area contributed by atoms with Gasteiger partial charge in [-0.25, -0.2) is 0 Å². The van der Waals surface area contributed by atoms with Gasteiger partial charge in [0.1, 0.15) is 6.33 Å². The van der Waals surface area contributed by atoms with Crippen molar-refractivity contribution in [1.82, 2.24) is 14.8 Å². The molecular weight excluding hydrogens is 265 g/mol. The van der Waals surface area contributed by atoms with E-state index in [1.54, 1.807) is 6.33 Å². The molecule has 0 saturated carbocycles. The Morgan fingerprint density at radius 2 is 2.21 bits per heavy atom. The average molecular weight is 273 g/mol. The monoisotopic (exact) mass is 271 g/mol. The van der Waals surface area contributed by atoms with E-state index in [1.807, 2.05) is 29.8 Å². The number of nitrogens with zero attached hydrogens (tertiary/aromatic N) is 3. The van der Waals surface area contributed by atoms with Crippen molar-refractivity contribution < 1.29 is 0 Å². The SMILES string of the molecule is Cn1cnnc1-c1ccc(Br)c(Cl)c1. The van der Waals surface area contributed by atoms with Crippen LogP contribution < -0.4 is 0 Å². The molecule has 72 valence electrons. The zero-order valence-electron chi connectivity index (χ0n) is 7.41. The van der Waals surface area contributed by atoms with Gasteiger partial charge in [0, 0.05) is 17.1 Å². The zero-order chi connectivity index (χ0) is 10.1. The van der Waals surface area contributed by atoms with E-state index >= 15 is 0 Å². The first-order valence-corrected chi connectivity index (χ1v) is 5.15. The Balaban J connectivity index is 2.53. The molecule has 2 rings (SSSR count). The molecule has 2 aromatic rings. The molecule has 5 heteroatoms. The van der Waals surface area contributed by atoms with E-state index in [0.29, 0.717) is 5.02 Å². The summed E-state index contributed by atoms with van der Waals surface area (Å²) in [6.45, 7) is 0. The van der Waals surface area contributed by atoms with Gasteiger partial charge in [0.25, 0.3) is 0 Å². The Hall–Kier alpha value is -0.870. The van der Waals surface area contributed by atoms with Crippen molar-refractivity contribution in [2.75, 3.05) is 0 Å². The highest BCUT2D eigenvalue weighted by atomic mass is 79.9. The van der Waals surface area contributed by atoms with Gasteiger partial charge < -0.3 is 4.57 Å². The largest absolute Gasteiger partial charge is 0.317 e. The first kappa shape index (κ1) is 9.68.